The molecule has 1 saturated heterocycles. The minimum absolute atomic E-state index is 0.00549. The highest BCUT2D eigenvalue weighted by molar-refractivity contribution is 5.79. The van der Waals surface area contributed by atoms with Crippen LogP contribution in [0.15, 0.2) is 27.5 Å². The van der Waals surface area contributed by atoms with E-state index in [9.17, 15) is 14.0 Å². The molecule has 0 radical (unpaired) electrons. The van der Waals surface area contributed by atoms with Gasteiger partial charge in [-0.05, 0) is 70.7 Å². The SMILES string of the molecule is CCCCCCCCCCCCCCCC(=O)O[C@@H]1CCCn2c1nc(C)c(CCN1CCC(c3noc4cc(F)ccc34)CC1)c2=O. The Morgan fingerprint density at radius 1 is 0.938 bits per heavy atom. The second-order valence-corrected chi connectivity index (χ2v) is 14.2. The molecule has 8 nitrogen and oxygen atoms in total. The standard InChI is InChI=1S/C39H57FN4O4/c1-3-4-5-6-7-8-9-10-11-12-13-14-15-18-36(45)47-34-17-16-24-44-38(34)41-29(2)32(39(44)46)23-27-43-25-21-30(22-26-43)37-33-20-19-31(40)28-35(33)48-42-37/h19-20,28,30,34H,3-18,21-27H2,1-2H3/t34-/m1/s1. The monoisotopic (exact) mass is 664 g/mol. The summed E-state index contributed by atoms with van der Waals surface area (Å²) in [5.74, 6) is 0.378. The van der Waals surface area contributed by atoms with E-state index in [4.69, 9.17) is 14.2 Å². The Bertz CT molecular complexity index is 1510. The minimum atomic E-state index is -0.447. The van der Waals surface area contributed by atoms with Crippen LogP contribution in [0, 0.1) is 12.7 Å². The molecule has 1 aromatic carbocycles. The first-order chi connectivity index (χ1) is 23.4. The number of piperidine rings is 1. The highest BCUT2D eigenvalue weighted by atomic mass is 19.1. The van der Waals surface area contributed by atoms with Crippen LogP contribution < -0.4 is 5.56 Å². The highest BCUT2D eigenvalue weighted by Gasteiger charge is 2.29. The fraction of sp³-hybridized carbons (Fsp3) is 0.692. The molecule has 1 atom stereocenters. The van der Waals surface area contributed by atoms with Gasteiger partial charge in [-0.3, -0.25) is 14.2 Å². The molecule has 5 rings (SSSR count). The molecule has 0 bridgehead atoms. The van der Waals surface area contributed by atoms with Crippen molar-refractivity contribution in [2.75, 3.05) is 19.6 Å². The van der Waals surface area contributed by atoms with Gasteiger partial charge < -0.3 is 14.2 Å². The Labute approximate surface area is 285 Å². The number of unbranched alkanes of at least 4 members (excludes halogenated alkanes) is 12. The maximum absolute atomic E-state index is 13.6. The number of benzene rings is 1. The molecule has 9 heteroatoms. The number of carbonyl (C=O) groups excluding carboxylic acids is 1. The summed E-state index contributed by atoms with van der Waals surface area (Å²) in [6.45, 7) is 7.37. The molecule has 0 unspecified atom stereocenters. The molecule has 0 amide bonds. The number of hydrogen-bond acceptors (Lipinski definition) is 7. The van der Waals surface area contributed by atoms with E-state index in [0.29, 0.717) is 37.2 Å². The molecule has 3 aromatic rings. The number of carbonyl (C=O) groups is 1. The predicted molar refractivity (Wildman–Crippen MR) is 188 cm³/mol. The first kappa shape index (κ1) is 36.2. The average molecular weight is 665 g/mol. The van der Waals surface area contributed by atoms with Gasteiger partial charge in [0.25, 0.3) is 5.56 Å². The van der Waals surface area contributed by atoms with Crippen molar-refractivity contribution in [3.05, 3.63) is 57.1 Å². The van der Waals surface area contributed by atoms with Crippen LogP contribution >= 0.6 is 0 Å². The number of halogens is 1. The van der Waals surface area contributed by atoms with E-state index in [1.54, 1.807) is 10.6 Å². The molecule has 2 aliphatic heterocycles. The van der Waals surface area contributed by atoms with Crippen molar-refractivity contribution in [3.8, 4) is 0 Å². The van der Waals surface area contributed by atoms with Crippen molar-refractivity contribution in [1.82, 2.24) is 19.6 Å². The molecule has 0 saturated carbocycles. The van der Waals surface area contributed by atoms with Crippen LogP contribution in [0.2, 0.25) is 0 Å². The zero-order valence-electron chi connectivity index (χ0n) is 29.5. The van der Waals surface area contributed by atoms with Gasteiger partial charge in [-0.2, -0.15) is 0 Å². The Morgan fingerprint density at radius 3 is 2.29 bits per heavy atom. The Kier molecular flexibility index (Phi) is 14.1. The lowest BCUT2D eigenvalue weighted by atomic mass is 9.91. The normalized spacial score (nSPS) is 17.2. The van der Waals surface area contributed by atoms with Gasteiger partial charge in [0.2, 0.25) is 0 Å². The lowest BCUT2D eigenvalue weighted by molar-refractivity contribution is -0.151. The molecule has 2 aliphatic rings. The predicted octanol–water partition coefficient (Wildman–Crippen LogP) is 9.11. The number of fused-ring (bicyclic) bond motifs is 2. The molecule has 264 valence electrons. The Balaban J connectivity index is 1.02. The highest BCUT2D eigenvalue weighted by Crippen LogP contribution is 2.33. The topological polar surface area (TPSA) is 90.5 Å². The van der Waals surface area contributed by atoms with E-state index in [0.717, 1.165) is 74.1 Å². The Hall–Kier alpha value is -3.07. The lowest BCUT2D eigenvalue weighted by Crippen LogP contribution is -2.38. The van der Waals surface area contributed by atoms with E-state index < -0.39 is 6.10 Å². The van der Waals surface area contributed by atoms with Gasteiger partial charge in [0.1, 0.15) is 5.82 Å². The van der Waals surface area contributed by atoms with Crippen molar-refractivity contribution in [3.63, 3.8) is 0 Å². The zero-order chi connectivity index (χ0) is 33.7. The molecule has 0 N–H and O–H groups in total. The fourth-order valence-electron chi connectivity index (χ4n) is 7.58. The maximum atomic E-state index is 13.6. The molecule has 4 heterocycles. The number of nitrogens with zero attached hydrogens (tertiary/aromatic N) is 4. The van der Waals surface area contributed by atoms with Crippen LogP contribution in [0.5, 0.6) is 0 Å². The van der Waals surface area contributed by atoms with E-state index in [1.807, 2.05) is 6.92 Å². The van der Waals surface area contributed by atoms with E-state index >= 15 is 0 Å². The zero-order valence-corrected chi connectivity index (χ0v) is 29.5. The van der Waals surface area contributed by atoms with Gasteiger partial charge >= 0.3 is 5.97 Å². The summed E-state index contributed by atoms with van der Waals surface area (Å²) in [6, 6.07) is 4.61. The van der Waals surface area contributed by atoms with E-state index in [-0.39, 0.29) is 23.3 Å². The third-order valence-corrected chi connectivity index (χ3v) is 10.5. The van der Waals surface area contributed by atoms with Gasteiger partial charge in [-0.1, -0.05) is 89.1 Å². The summed E-state index contributed by atoms with van der Waals surface area (Å²) >= 11 is 0. The summed E-state index contributed by atoms with van der Waals surface area (Å²) < 4.78 is 26.6. The van der Waals surface area contributed by atoms with Crippen molar-refractivity contribution in [2.45, 2.75) is 154 Å². The molecule has 2 aromatic heterocycles. The van der Waals surface area contributed by atoms with Crippen LogP contribution in [-0.4, -0.2) is 45.2 Å². The summed E-state index contributed by atoms with van der Waals surface area (Å²) in [7, 11) is 0. The number of aryl methyl sites for hydroxylation is 1. The molecule has 0 aliphatic carbocycles. The molecule has 48 heavy (non-hydrogen) atoms. The van der Waals surface area contributed by atoms with Gasteiger partial charge in [-0.25, -0.2) is 9.37 Å². The third-order valence-electron chi connectivity index (χ3n) is 10.5. The van der Waals surface area contributed by atoms with Crippen LogP contribution in [0.4, 0.5) is 4.39 Å². The van der Waals surface area contributed by atoms with Gasteiger partial charge in [-0.15, -0.1) is 0 Å². The van der Waals surface area contributed by atoms with Crippen molar-refractivity contribution < 1.29 is 18.4 Å². The van der Waals surface area contributed by atoms with Crippen LogP contribution in [0.25, 0.3) is 11.0 Å². The summed E-state index contributed by atoms with van der Waals surface area (Å²) in [5, 5.41) is 5.16. The van der Waals surface area contributed by atoms with E-state index in [1.165, 1.54) is 82.8 Å². The van der Waals surface area contributed by atoms with Crippen molar-refractivity contribution in [2.24, 2.45) is 0 Å². The minimum Gasteiger partial charge on any atom is -0.454 e. The first-order valence-corrected chi connectivity index (χ1v) is 19.0. The molecule has 0 spiro atoms. The van der Waals surface area contributed by atoms with Crippen molar-refractivity contribution in [1.29, 1.82) is 0 Å². The second-order valence-electron chi connectivity index (χ2n) is 14.2. The lowest BCUT2D eigenvalue weighted by Gasteiger charge is -2.31. The second kappa shape index (κ2) is 18.6. The van der Waals surface area contributed by atoms with E-state index in [2.05, 4.69) is 17.0 Å². The quantitative estimate of drug-likeness (QED) is 0.0933. The van der Waals surface area contributed by atoms with Crippen LogP contribution in [-0.2, 0) is 22.5 Å². The largest absolute Gasteiger partial charge is 0.454 e. The number of hydrogen-bond donors (Lipinski definition) is 0. The summed E-state index contributed by atoms with van der Waals surface area (Å²) in [5.41, 5.74) is 2.91. The van der Waals surface area contributed by atoms with Crippen LogP contribution in [0.3, 0.4) is 0 Å². The number of likely N-dealkylation sites (tertiary alicyclic amines) is 1. The molecular weight excluding hydrogens is 607 g/mol. The van der Waals surface area contributed by atoms with Crippen molar-refractivity contribution >= 4 is 16.9 Å². The van der Waals surface area contributed by atoms with Gasteiger partial charge in [0.15, 0.2) is 17.5 Å². The Morgan fingerprint density at radius 2 is 1.60 bits per heavy atom. The number of ether oxygens (including phenoxy) is 1. The summed E-state index contributed by atoms with van der Waals surface area (Å²) in [6.07, 6.45) is 20.5. The average Bonchev–Trinajstić information content (AvgIpc) is 3.50. The molecular formula is C39H57FN4O4. The van der Waals surface area contributed by atoms with Gasteiger partial charge in [0.05, 0.1) is 5.69 Å². The fourth-order valence-corrected chi connectivity index (χ4v) is 7.58. The van der Waals surface area contributed by atoms with Crippen LogP contribution in [0.1, 0.15) is 157 Å². The smallest absolute Gasteiger partial charge is 0.306 e. The maximum Gasteiger partial charge on any atom is 0.306 e. The number of rotatable bonds is 19. The van der Waals surface area contributed by atoms with Gasteiger partial charge in [0, 0.05) is 48.1 Å². The molecule has 1 fully saturated rings. The third kappa shape index (κ3) is 9.99. The summed E-state index contributed by atoms with van der Waals surface area (Å²) in [4.78, 5) is 33.6. The number of aromatic nitrogens is 3. The number of esters is 1. The first-order valence-electron chi connectivity index (χ1n) is 19.0.